The molecule has 0 amide bonds. The molecule has 0 spiro atoms. The van der Waals surface area contributed by atoms with Crippen molar-refractivity contribution in [2.75, 3.05) is 0 Å². The molecule has 23 heavy (non-hydrogen) atoms. The molecule has 3 rings (SSSR count). The van der Waals surface area contributed by atoms with Crippen molar-refractivity contribution >= 4 is 24.1 Å². The van der Waals surface area contributed by atoms with Gasteiger partial charge < -0.3 is 0 Å². The number of nitro groups is 1. The number of H-pyrrole nitrogens is 2. The number of hydrogen-bond acceptors (Lipinski definition) is 6. The predicted octanol–water partition coefficient (Wildman–Crippen LogP) is 2.43. The lowest BCUT2D eigenvalue weighted by atomic mass is 10.2. The summed E-state index contributed by atoms with van der Waals surface area (Å²) in [6.45, 7) is 1.87. The summed E-state index contributed by atoms with van der Waals surface area (Å²) in [5, 5.41) is 28.7. The molecule has 0 atom stereocenters. The van der Waals surface area contributed by atoms with E-state index >= 15 is 0 Å². The number of nitro benzene ring substituents is 1. The van der Waals surface area contributed by atoms with Gasteiger partial charge in [-0.15, -0.1) is 0 Å². The molecule has 10 heteroatoms. The van der Waals surface area contributed by atoms with E-state index in [1.54, 1.807) is 12.1 Å². The molecular formula is C13H11N7O2S. The molecule has 116 valence electrons. The van der Waals surface area contributed by atoms with Crippen LogP contribution in [0.1, 0.15) is 11.3 Å². The molecule has 0 bridgehead atoms. The summed E-state index contributed by atoms with van der Waals surface area (Å²) in [7, 11) is 0. The zero-order chi connectivity index (χ0) is 16.4. The second-order valence-electron chi connectivity index (χ2n) is 4.70. The summed E-state index contributed by atoms with van der Waals surface area (Å²) in [6, 6.07) is 7.94. The SMILES string of the molecule is Cc1cc(-c2n[nH]c(=S)n2/N=C\c2cccc([N+](=O)[O-])c2)n[nH]1. The van der Waals surface area contributed by atoms with E-state index in [4.69, 9.17) is 12.2 Å². The van der Waals surface area contributed by atoms with Crippen LogP contribution in [-0.2, 0) is 0 Å². The van der Waals surface area contributed by atoms with Crippen LogP contribution in [0, 0.1) is 21.8 Å². The van der Waals surface area contributed by atoms with E-state index in [2.05, 4.69) is 25.5 Å². The van der Waals surface area contributed by atoms with Crippen molar-refractivity contribution in [3.8, 4) is 11.5 Å². The van der Waals surface area contributed by atoms with Gasteiger partial charge in [0, 0.05) is 23.4 Å². The maximum Gasteiger partial charge on any atom is 0.270 e. The minimum absolute atomic E-state index is 0.00658. The van der Waals surface area contributed by atoms with Crippen LogP contribution in [0.15, 0.2) is 35.4 Å². The second kappa shape index (κ2) is 5.93. The largest absolute Gasteiger partial charge is 0.282 e. The molecule has 1 aromatic carbocycles. The molecule has 2 N–H and O–H groups in total. The van der Waals surface area contributed by atoms with E-state index in [1.807, 2.05) is 13.0 Å². The van der Waals surface area contributed by atoms with Crippen LogP contribution in [-0.4, -0.2) is 36.2 Å². The predicted molar refractivity (Wildman–Crippen MR) is 85.8 cm³/mol. The Morgan fingerprint density at radius 2 is 2.17 bits per heavy atom. The van der Waals surface area contributed by atoms with Gasteiger partial charge in [0.1, 0.15) is 5.69 Å². The zero-order valence-electron chi connectivity index (χ0n) is 11.9. The van der Waals surface area contributed by atoms with Gasteiger partial charge in [0.25, 0.3) is 5.69 Å². The minimum atomic E-state index is -0.460. The third-order valence-electron chi connectivity index (χ3n) is 2.99. The molecule has 0 radical (unpaired) electrons. The Hall–Kier alpha value is -3.14. The van der Waals surface area contributed by atoms with Crippen molar-refractivity contribution in [1.29, 1.82) is 0 Å². The van der Waals surface area contributed by atoms with E-state index in [0.29, 0.717) is 21.9 Å². The summed E-state index contributed by atoms with van der Waals surface area (Å²) < 4.78 is 1.70. The Kier molecular flexibility index (Phi) is 3.81. The smallest absolute Gasteiger partial charge is 0.270 e. The van der Waals surface area contributed by atoms with Crippen LogP contribution in [0.4, 0.5) is 5.69 Å². The molecule has 2 aromatic heterocycles. The molecule has 0 aliphatic carbocycles. The van der Waals surface area contributed by atoms with Crippen molar-refractivity contribution in [2.24, 2.45) is 5.10 Å². The second-order valence-corrected chi connectivity index (χ2v) is 5.08. The lowest BCUT2D eigenvalue weighted by molar-refractivity contribution is -0.384. The first-order chi connectivity index (χ1) is 11.0. The average Bonchev–Trinajstić information content (AvgIpc) is 3.11. The molecule has 0 saturated heterocycles. The quantitative estimate of drug-likeness (QED) is 0.330. The van der Waals surface area contributed by atoms with Gasteiger partial charge in [0.15, 0.2) is 0 Å². The number of non-ortho nitro benzene ring substituents is 1. The van der Waals surface area contributed by atoms with Crippen LogP contribution in [0.3, 0.4) is 0 Å². The first-order valence-corrected chi connectivity index (χ1v) is 6.94. The number of nitrogens with one attached hydrogen (secondary N) is 2. The molecule has 9 nitrogen and oxygen atoms in total. The fourth-order valence-corrected chi connectivity index (χ4v) is 2.12. The Morgan fingerprint density at radius 1 is 1.35 bits per heavy atom. The van der Waals surface area contributed by atoms with E-state index < -0.39 is 4.92 Å². The maximum atomic E-state index is 10.8. The molecule has 0 unspecified atom stereocenters. The van der Waals surface area contributed by atoms with Crippen LogP contribution < -0.4 is 0 Å². The molecule has 2 heterocycles. The highest BCUT2D eigenvalue weighted by Crippen LogP contribution is 2.16. The summed E-state index contributed by atoms with van der Waals surface area (Å²) in [4.78, 5) is 10.3. The standard InChI is InChI=1S/C13H11N7O2S/c1-8-5-11(16-15-8)12-17-18-13(23)19(12)14-7-9-3-2-4-10(6-9)20(21)22/h2-7H,1H3,(H,15,16)(H,18,23)/b14-7-. The monoisotopic (exact) mass is 329 g/mol. The Balaban J connectivity index is 1.97. The van der Waals surface area contributed by atoms with Crippen LogP contribution in [0.2, 0.25) is 0 Å². The summed E-state index contributed by atoms with van der Waals surface area (Å²) in [5.41, 5.74) is 2.04. The van der Waals surface area contributed by atoms with Gasteiger partial charge in [-0.3, -0.25) is 15.2 Å². The highest BCUT2D eigenvalue weighted by Gasteiger charge is 2.11. The van der Waals surface area contributed by atoms with Crippen LogP contribution in [0.25, 0.3) is 11.5 Å². The maximum absolute atomic E-state index is 10.8. The lowest BCUT2D eigenvalue weighted by Gasteiger charge is -1.97. The Morgan fingerprint density at radius 3 is 2.87 bits per heavy atom. The summed E-state index contributed by atoms with van der Waals surface area (Å²) in [5.74, 6) is 0.445. The fraction of sp³-hybridized carbons (Fsp3) is 0.0769. The number of aromatic amines is 2. The van der Waals surface area contributed by atoms with Gasteiger partial charge >= 0.3 is 0 Å². The average molecular weight is 329 g/mol. The third-order valence-corrected chi connectivity index (χ3v) is 3.25. The van der Waals surface area contributed by atoms with Gasteiger partial charge in [-0.1, -0.05) is 12.1 Å². The van der Waals surface area contributed by atoms with Gasteiger partial charge in [-0.2, -0.15) is 20.0 Å². The van der Waals surface area contributed by atoms with Crippen LogP contribution in [0.5, 0.6) is 0 Å². The number of benzene rings is 1. The Bertz CT molecular complexity index is 953. The lowest BCUT2D eigenvalue weighted by Crippen LogP contribution is -1.96. The van der Waals surface area contributed by atoms with E-state index in [1.165, 1.54) is 23.0 Å². The number of aromatic nitrogens is 5. The van der Waals surface area contributed by atoms with E-state index in [-0.39, 0.29) is 5.69 Å². The van der Waals surface area contributed by atoms with Crippen molar-refractivity contribution in [1.82, 2.24) is 25.1 Å². The van der Waals surface area contributed by atoms with Crippen molar-refractivity contribution in [3.05, 3.63) is 56.5 Å². The van der Waals surface area contributed by atoms with Crippen molar-refractivity contribution in [2.45, 2.75) is 6.92 Å². The van der Waals surface area contributed by atoms with Gasteiger partial charge in [0.05, 0.1) is 11.1 Å². The first-order valence-electron chi connectivity index (χ1n) is 6.53. The molecule has 0 saturated carbocycles. The number of nitrogens with zero attached hydrogens (tertiary/aromatic N) is 5. The Labute approximate surface area is 134 Å². The molecule has 0 fully saturated rings. The normalized spacial score (nSPS) is 11.2. The third kappa shape index (κ3) is 3.06. The number of rotatable bonds is 4. The van der Waals surface area contributed by atoms with Gasteiger partial charge in [-0.25, -0.2) is 5.10 Å². The van der Waals surface area contributed by atoms with E-state index in [9.17, 15) is 10.1 Å². The van der Waals surface area contributed by atoms with Crippen molar-refractivity contribution in [3.63, 3.8) is 0 Å². The van der Waals surface area contributed by atoms with Gasteiger partial charge in [-0.05, 0) is 25.2 Å². The molecular weight excluding hydrogens is 318 g/mol. The number of aryl methyl sites for hydroxylation is 1. The topological polar surface area (TPSA) is 118 Å². The zero-order valence-corrected chi connectivity index (χ0v) is 12.7. The highest BCUT2D eigenvalue weighted by atomic mass is 32.1. The summed E-state index contributed by atoms with van der Waals surface area (Å²) in [6.07, 6.45) is 1.47. The molecule has 3 aromatic rings. The van der Waals surface area contributed by atoms with E-state index in [0.717, 1.165) is 5.69 Å². The minimum Gasteiger partial charge on any atom is -0.282 e. The summed E-state index contributed by atoms with van der Waals surface area (Å²) >= 11 is 5.15. The molecule has 0 aliphatic rings. The van der Waals surface area contributed by atoms with Crippen LogP contribution >= 0.6 is 12.2 Å². The highest BCUT2D eigenvalue weighted by molar-refractivity contribution is 7.71. The van der Waals surface area contributed by atoms with Crippen molar-refractivity contribution < 1.29 is 4.92 Å². The van der Waals surface area contributed by atoms with Gasteiger partial charge in [0.2, 0.25) is 10.6 Å². The number of hydrogen-bond donors (Lipinski definition) is 2. The molecule has 0 aliphatic heterocycles. The fourth-order valence-electron chi connectivity index (χ4n) is 1.94. The first kappa shape index (κ1) is 14.8.